The van der Waals surface area contributed by atoms with Gasteiger partial charge in [0.2, 0.25) is 0 Å². The van der Waals surface area contributed by atoms with Crippen LogP contribution in [0.5, 0.6) is 0 Å². The molecule has 0 aromatic rings. The fraction of sp³-hybridized carbons (Fsp3) is 0. The minimum absolute atomic E-state index is 0.116. The predicted octanol–water partition coefficient (Wildman–Crippen LogP) is 0.686. The second kappa shape index (κ2) is 3.90. The summed E-state index contributed by atoms with van der Waals surface area (Å²) in [5.41, 5.74) is 0. The molecular weight excluding hydrogens is 152 g/mol. The van der Waals surface area contributed by atoms with E-state index in [1.807, 2.05) is 0 Å². The van der Waals surface area contributed by atoms with Gasteiger partial charge in [-0.25, -0.2) is 9.59 Å². The molecule has 0 heterocycles. The first kappa shape index (κ1) is 8.97. The molecule has 0 N–H and O–H groups in total. The molecule has 0 radical (unpaired) electrons. The number of hydrogen-bond donors (Lipinski definition) is 1. The highest BCUT2D eigenvalue weighted by Gasteiger charge is 2.06. The molecule has 0 amide bonds. The third kappa shape index (κ3) is 3.09. The Morgan fingerprint density at radius 2 is 2.00 bits per heavy atom. The van der Waals surface area contributed by atoms with Crippen molar-refractivity contribution in [3.63, 3.8) is 0 Å². The number of carbonyl (C=O) groups is 2. The summed E-state index contributed by atoms with van der Waals surface area (Å²) in [6.07, 6.45) is 0.884. The van der Waals surface area contributed by atoms with Crippen LogP contribution >= 0.6 is 12.6 Å². The molecule has 0 unspecified atom stereocenters. The van der Waals surface area contributed by atoms with Crippen LogP contribution in [-0.4, -0.2) is 11.9 Å². The molecular formula is C6H6O3S. The van der Waals surface area contributed by atoms with Crippen LogP contribution in [0.25, 0.3) is 0 Å². The summed E-state index contributed by atoms with van der Waals surface area (Å²) >= 11 is 3.55. The molecule has 54 valence electrons. The van der Waals surface area contributed by atoms with Gasteiger partial charge < -0.3 is 4.74 Å². The first-order valence-corrected chi connectivity index (χ1v) is 2.79. The molecule has 0 aliphatic heterocycles. The molecule has 0 aliphatic rings. The van der Waals surface area contributed by atoms with Crippen molar-refractivity contribution in [1.29, 1.82) is 0 Å². The standard InChI is InChI=1S/C6H6O3S/c1-3-5(7)9-6(8)4(2)10/h3,10H,1-2H2. The number of thiol groups is 1. The molecule has 0 fully saturated rings. The van der Waals surface area contributed by atoms with Gasteiger partial charge in [0.05, 0.1) is 4.91 Å². The zero-order valence-electron chi connectivity index (χ0n) is 5.16. The zero-order chi connectivity index (χ0) is 8.15. The van der Waals surface area contributed by atoms with Crippen molar-refractivity contribution in [2.24, 2.45) is 0 Å². The molecule has 10 heavy (non-hydrogen) atoms. The van der Waals surface area contributed by atoms with E-state index in [0.29, 0.717) is 0 Å². The molecule has 4 heteroatoms. The SMILES string of the molecule is C=CC(=O)OC(=O)C(=C)S. The van der Waals surface area contributed by atoms with Crippen LogP contribution in [-0.2, 0) is 14.3 Å². The van der Waals surface area contributed by atoms with E-state index >= 15 is 0 Å². The molecule has 0 bridgehead atoms. The molecule has 3 nitrogen and oxygen atoms in total. The summed E-state index contributed by atoms with van der Waals surface area (Å²) in [5, 5.41) is 0. The summed E-state index contributed by atoms with van der Waals surface area (Å²) < 4.78 is 4.09. The molecule has 0 saturated heterocycles. The summed E-state index contributed by atoms with van der Waals surface area (Å²) in [5.74, 6) is -1.66. The van der Waals surface area contributed by atoms with E-state index < -0.39 is 11.9 Å². The Morgan fingerprint density at radius 1 is 1.50 bits per heavy atom. The fourth-order valence-corrected chi connectivity index (χ4v) is 0.238. The normalized spacial score (nSPS) is 8.10. The van der Waals surface area contributed by atoms with Crippen LogP contribution in [0.2, 0.25) is 0 Å². The van der Waals surface area contributed by atoms with Crippen molar-refractivity contribution < 1.29 is 14.3 Å². The Balaban J connectivity index is 3.92. The summed E-state index contributed by atoms with van der Waals surface area (Å²) in [7, 11) is 0. The summed E-state index contributed by atoms with van der Waals surface area (Å²) in [6, 6.07) is 0. The molecule has 0 rings (SSSR count). The van der Waals surface area contributed by atoms with Gasteiger partial charge in [0.25, 0.3) is 0 Å². The van der Waals surface area contributed by atoms with Gasteiger partial charge in [-0.3, -0.25) is 0 Å². The quantitative estimate of drug-likeness (QED) is 0.278. The van der Waals surface area contributed by atoms with Crippen LogP contribution in [0.1, 0.15) is 0 Å². The molecule has 0 atom stereocenters. The second-order valence-electron chi connectivity index (χ2n) is 1.36. The Labute approximate surface area is 63.8 Å². The summed E-state index contributed by atoms with van der Waals surface area (Å²) in [6.45, 7) is 6.24. The van der Waals surface area contributed by atoms with E-state index in [1.165, 1.54) is 0 Å². The number of esters is 2. The maximum absolute atomic E-state index is 10.4. The van der Waals surface area contributed by atoms with Crippen molar-refractivity contribution in [3.05, 3.63) is 24.1 Å². The fourth-order valence-electron chi connectivity index (χ4n) is 0.192. The Bertz CT molecular complexity index is 195. The zero-order valence-corrected chi connectivity index (χ0v) is 6.06. The van der Waals surface area contributed by atoms with Crippen molar-refractivity contribution in [2.75, 3.05) is 0 Å². The van der Waals surface area contributed by atoms with Gasteiger partial charge in [-0.1, -0.05) is 13.2 Å². The lowest BCUT2D eigenvalue weighted by atomic mass is 10.6. The van der Waals surface area contributed by atoms with Gasteiger partial charge in [-0.05, 0) is 0 Å². The highest BCUT2D eigenvalue weighted by molar-refractivity contribution is 7.85. The maximum Gasteiger partial charge on any atom is 0.351 e. The van der Waals surface area contributed by atoms with E-state index in [9.17, 15) is 9.59 Å². The highest BCUT2D eigenvalue weighted by atomic mass is 32.1. The van der Waals surface area contributed by atoms with E-state index in [1.54, 1.807) is 0 Å². The molecule has 0 saturated carbocycles. The average Bonchev–Trinajstić information content (AvgIpc) is 1.87. The third-order valence-electron chi connectivity index (χ3n) is 0.596. The number of rotatable bonds is 2. The molecule has 0 aromatic carbocycles. The van der Waals surface area contributed by atoms with Gasteiger partial charge in [-0.2, -0.15) is 0 Å². The second-order valence-corrected chi connectivity index (χ2v) is 1.90. The van der Waals surface area contributed by atoms with Crippen LogP contribution < -0.4 is 0 Å². The summed E-state index contributed by atoms with van der Waals surface area (Å²) in [4.78, 5) is 20.6. The first-order chi connectivity index (χ1) is 4.57. The van der Waals surface area contributed by atoms with Crippen LogP contribution in [0, 0.1) is 0 Å². The monoisotopic (exact) mass is 158 g/mol. The number of ether oxygens (including phenoxy) is 1. The van der Waals surface area contributed by atoms with Crippen LogP contribution in [0.4, 0.5) is 0 Å². The van der Waals surface area contributed by atoms with Crippen molar-refractivity contribution in [3.8, 4) is 0 Å². The predicted molar refractivity (Wildman–Crippen MR) is 39.4 cm³/mol. The molecule has 0 spiro atoms. The number of carbonyl (C=O) groups excluding carboxylic acids is 2. The topological polar surface area (TPSA) is 43.4 Å². The van der Waals surface area contributed by atoms with Crippen molar-refractivity contribution >= 4 is 24.6 Å². The van der Waals surface area contributed by atoms with Crippen LogP contribution in [0.3, 0.4) is 0 Å². The van der Waals surface area contributed by atoms with Gasteiger partial charge in [-0.15, -0.1) is 12.6 Å². The maximum atomic E-state index is 10.4. The lowest BCUT2D eigenvalue weighted by Crippen LogP contribution is -2.08. The molecule has 0 aromatic heterocycles. The smallest absolute Gasteiger partial charge is 0.351 e. The van der Waals surface area contributed by atoms with Gasteiger partial charge in [0.15, 0.2) is 0 Å². The van der Waals surface area contributed by atoms with E-state index in [4.69, 9.17) is 0 Å². The minimum atomic E-state index is -0.853. The lowest BCUT2D eigenvalue weighted by molar-refractivity contribution is -0.152. The first-order valence-electron chi connectivity index (χ1n) is 2.34. The van der Waals surface area contributed by atoms with E-state index in [0.717, 1.165) is 6.08 Å². The Hall–Kier alpha value is -1.03. The Morgan fingerprint density at radius 3 is 2.30 bits per heavy atom. The molecule has 0 aliphatic carbocycles. The average molecular weight is 158 g/mol. The van der Waals surface area contributed by atoms with E-state index in [-0.39, 0.29) is 4.91 Å². The van der Waals surface area contributed by atoms with E-state index in [2.05, 4.69) is 30.5 Å². The van der Waals surface area contributed by atoms with Gasteiger partial charge >= 0.3 is 11.9 Å². The largest absolute Gasteiger partial charge is 0.386 e. The Kier molecular flexibility index (Phi) is 3.49. The number of hydrogen-bond acceptors (Lipinski definition) is 4. The van der Waals surface area contributed by atoms with Crippen molar-refractivity contribution in [1.82, 2.24) is 0 Å². The highest BCUT2D eigenvalue weighted by Crippen LogP contribution is 1.98. The van der Waals surface area contributed by atoms with Gasteiger partial charge in [0, 0.05) is 6.08 Å². The minimum Gasteiger partial charge on any atom is -0.386 e. The lowest BCUT2D eigenvalue weighted by Gasteiger charge is -1.95. The third-order valence-corrected chi connectivity index (χ3v) is 0.778. The van der Waals surface area contributed by atoms with Crippen molar-refractivity contribution in [2.45, 2.75) is 0 Å². The van der Waals surface area contributed by atoms with Gasteiger partial charge in [0.1, 0.15) is 0 Å². The van der Waals surface area contributed by atoms with Crippen LogP contribution in [0.15, 0.2) is 24.1 Å².